The number of nitrogens with one attached hydrogen (secondary N) is 2. The molecule has 2 N–H and O–H groups in total. The Balaban J connectivity index is 1.50. The number of benzene rings is 2. The molecule has 45 heavy (non-hydrogen) atoms. The van der Waals surface area contributed by atoms with Crippen LogP contribution in [0.3, 0.4) is 0 Å². The van der Waals surface area contributed by atoms with Gasteiger partial charge in [-0.15, -0.1) is 0 Å². The zero-order chi connectivity index (χ0) is 32.1. The summed E-state index contributed by atoms with van der Waals surface area (Å²) < 4.78 is 31.1. The van der Waals surface area contributed by atoms with E-state index in [1.807, 2.05) is 36.4 Å². The quantitative estimate of drug-likeness (QED) is 0.130. The van der Waals surface area contributed by atoms with Gasteiger partial charge in [-0.2, -0.15) is 10.1 Å². The zero-order valence-corrected chi connectivity index (χ0v) is 27.2. The number of nitrogens with zero attached hydrogens (tertiary/aromatic N) is 5. The molecule has 3 heterocycles. The number of ketones is 1. The van der Waals surface area contributed by atoms with Crippen LogP contribution in [-0.4, -0.2) is 76.3 Å². The second-order valence-corrected chi connectivity index (χ2v) is 13.0. The average molecular weight is 634 g/mol. The lowest BCUT2D eigenvalue weighted by Gasteiger charge is -2.35. The summed E-state index contributed by atoms with van der Waals surface area (Å²) in [6.45, 7) is 14.0. The third-order valence-corrected chi connectivity index (χ3v) is 8.85. The Labute approximate surface area is 263 Å². The molecule has 1 fully saturated rings. The number of phosphoric acid groups is 1. The van der Waals surface area contributed by atoms with E-state index in [-0.39, 0.29) is 24.4 Å². The number of carbonyl (C=O) groups excluding carboxylic acids is 1. The van der Waals surface area contributed by atoms with Gasteiger partial charge in [-0.05, 0) is 70.6 Å². The van der Waals surface area contributed by atoms with Crippen molar-refractivity contribution in [1.29, 1.82) is 0 Å². The predicted molar refractivity (Wildman–Crippen MR) is 176 cm³/mol. The highest BCUT2D eigenvalue weighted by atomic mass is 31.2. The minimum atomic E-state index is -3.92. The lowest BCUT2D eigenvalue weighted by Crippen LogP contribution is -2.44. The summed E-state index contributed by atoms with van der Waals surface area (Å²) in [5.74, 6) is 0.688. The summed E-state index contributed by atoms with van der Waals surface area (Å²) in [5, 5.41) is 11.2. The van der Waals surface area contributed by atoms with Crippen LogP contribution in [-0.2, 0) is 24.8 Å². The summed E-state index contributed by atoms with van der Waals surface area (Å²) in [6.07, 6.45) is 2.53. The molecule has 0 saturated carbocycles. The summed E-state index contributed by atoms with van der Waals surface area (Å²) >= 11 is 0. The molecule has 0 aliphatic carbocycles. The van der Waals surface area contributed by atoms with Gasteiger partial charge in [0.25, 0.3) is 0 Å². The highest BCUT2D eigenvalue weighted by Gasteiger charge is 2.33. The van der Waals surface area contributed by atoms with Crippen molar-refractivity contribution in [3.05, 3.63) is 66.9 Å². The van der Waals surface area contributed by atoms with Crippen LogP contribution in [0.25, 0.3) is 22.3 Å². The zero-order valence-electron chi connectivity index (χ0n) is 26.3. The van der Waals surface area contributed by atoms with E-state index in [4.69, 9.17) is 18.6 Å². The van der Waals surface area contributed by atoms with Crippen LogP contribution in [0.1, 0.15) is 33.3 Å². The van der Waals surface area contributed by atoms with Gasteiger partial charge in [0.15, 0.2) is 17.2 Å². The number of fused-ring (bicyclic) bond motifs is 1. The van der Waals surface area contributed by atoms with Crippen molar-refractivity contribution >= 4 is 42.0 Å². The normalized spacial score (nSPS) is 14.3. The van der Waals surface area contributed by atoms with Crippen LogP contribution in [0.2, 0.25) is 0 Å². The number of rotatable bonds is 13. The van der Waals surface area contributed by atoms with E-state index < -0.39 is 7.82 Å². The first-order valence-electron chi connectivity index (χ1n) is 15.0. The molecule has 0 amide bonds. The molecule has 1 aliphatic heterocycles. The fraction of sp³-hybridized carbons (Fsp3) is 0.375. The number of hydrogen-bond donors (Lipinski definition) is 2. The van der Waals surface area contributed by atoms with E-state index in [9.17, 15) is 9.36 Å². The number of anilines is 3. The van der Waals surface area contributed by atoms with E-state index in [2.05, 4.69) is 43.9 Å². The molecule has 12 nitrogen and oxygen atoms in total. The van der Waals surface area contributed by atoms with E-state index in [0.29, 0.717) is 28.7 Å². The molecule has 13 heteroatoms. The Kier molecular flexibility index (Phi) is 9.99. The number of likely N-dealkylation sites (N-methyl/N-ethyl adjacent to an activating group) is 1. The van der Waals surface area contributed by atoms with Gasteiger partial charge in [-0.3, -0.25) is 18.9 Å². The van der Waals surface area contributed by atoms with Crippen LogP contribution in [0.15, 0.2) is 61.3 Å². The molecule has 0 bridgehead atoms. The first-order chi connectivity index (χ1) is 21.5. The molecule has 4 aromatic rings. The minimum Gasteiger partial charge on any atom is -0.402 e. The van der Waals surface area contributed by atoms with Gasteiger partial charge in [0.2, 0.25) is 5.95 Å². The van der Waals surface area contributed by atoms with Crippen LogP contribution in [0, 0.1) is 0 Å². The third-order valence-electron chi connectivity index (χ3n) is 7.07. The number of phosphoric ester groups is 1. The Morgan fingerprint density at radius 2 is 1.80 bits per heavy atom. The van der Waals surface area contributed by atoms with Crippen molar-refractivity contribution in [2.24, 2.45) is 0 Å². The SMILES string of the molecule is C=CC(=O)Cc1cccc(-c2nc(Nc3ccc(OP(=O)(OC(C)C)OC(C)C)c(N4CCN(C)CC4)c3)nc3[nH]ncc23)c1. The number of allylic oxidation sites excluding steroid dienone is 1. The Bertz CT molecular complexity index is 1700. The van der Waals surface area contributed by atoms with Crippen molar-refractivity contribution in [2.75, 3.05) is 43.4 Å². The van der Waals surface area contributed by atoms with Gasteiger partial charge >= 0.3 is 7.82 Å². The average Bonchev–Trinajstić information content (AvgIpc) is 3.46. The van der Waals surface area contributed by atoms with Gasteiger partial charge < -0.3 is 19.6 Å². The van der Waals surface area contributed by atoms with Crippen molar-refractivity contribution < 1.29 is 22.9 Å². The monoisotopic (exact) mass is 633 g/mol. The molecule has 2 aromatic carbocycles. The summed E-state index contributed by atoms with van der Waals surface area (Å²) in [6, 6.07) is 13.2. The van der Waals surface area contributed by atoms with Crippen molar-refractivity contribution in [3.8, 4) is 17.0 Å². The van der Waals surface area contributed by atoms with Crippen LogP contribution in [0.5, 0.6) is 5.75 Å². The van der Waals surface area contributed by atoms with Crippen LogP contribution in [0.4, 0.5) is 17.3 Å². The lowest BCUT2D eigenvalue weighted by molar-refractivity contribution is -0.114. The Morgan fingerprint density at radius 3 is 2.49 bits per heavy atom. The Hall–Kier alpha value is -4.09. The number of hydrogen-bond acceptors (Lipinski definition) is 11. The van der Waals surface area contributed by atoms with Crippen molar-refractivity contribution in [2.45, 2.75) is 46.3 Å². The van der Waals surface area contributed by atoms with Gasteiger partial charge in [-0.1, -0.05) is 24.8 Å². The van der Waals surface area contributed by atoms with Crippen LogP contribution >= 0.6 is 7.82 Å². The summed E-state index contributed by atoms with van der Waals surface area (Å²) in [4.78, 5) is 26.0. The van der Waals surface area contributed by atoms with E-state index in [1.165, 1.54) is 6.08 Å². The number of H-pyrrole nitrogens is 1. The summed E-state index contributed by atoms with van der Waals surface area (Å²) in [7, 11) is -1.84. The van der Waals surface area contributed by atoms with E-state index >= 15 is 0 Å². The fourth-order valence-corrected chi connectivity index (χ4v) is 6.58. The smallest absolute Gasteiger partial charge is 0.402 e. The minimum absolute atomic E-state index is 0.0582. The molecule has 0 radical (unpaired) electrons. The largest absolute Gasteiger partial charge is 0.530 e. The number of piperazine rings is 1. The maximum absolute atomic E-state index is 13.7. The molecule has 1 aliphatic rings. The maximum atomic E-state index is 13.7. The predicted octanol–water partition coefficient (Wildman–Crippen LogP) is 6.15. The molecule has 0 unspecified atom stereocenters. The Morgan fingerprint density at radius 1 is 1.07 bits per heavy atom. The maximum Gasteiger partial charge on any atom is 0.530 e. The highest BCUT2D eigenvalue weighted by Crippen LogP contribution is 2.53. The molecule has 5 rings (SSSR count). The second kappa shape index (κ2) is 13.9. The van der Waals surface area contributed by atoms with E-state index in [1.54, 1.807) is 40.0 Å². The van der Waals surface area contributed by atoms with Gasteiger partial charge in [0.1, 0.15) is 0 Å². The molecule has 0 atom stereocenters. The number of aromatic nitrogens is 4. The first-order valence-corrected chi connectivity index (χ1v) is 16.4. The molecular formula is C32H40N7O5P. The number of carbonyl (C=O) groups is 1. The van der Waals surface area contributed by atoms with Gasteiger partial charge in [0, 0.05) is 43.9 Å². The van der Waals surface area contributed by atoms with Gasteiger partial charge in [-0.25, -0.2) is 9.55 Å². The molecular weight excluding hydrogens is 593 g/mol. The fourth-order valence-electron chi connectivity index (χ4n) is 5.01. The highest BCUT2D eigenvalue weighted by molar-refractivity contribution is 7.49. The van der Waals surface area contributed by atoms with Crippen molar-refractivity contribution in [1.82, 2.24) is 25.1 Å². The molecule has 238 valence electrons. The lowest BCUT2D eigenvalue weighted by atomic mass is 10.0. The van der Waals surface area contributed by atoms with Gasteiger partial charge in [0.05, 0.1) is 35.2 Å². The van der Waals surface area contributed by atoms with Crippen molar-refractivity contribution in [3.63, 3.8) is 0 Å². The first kappa shape index (κ1) is 32.3. The second-order valence-electron chi connectivity index (χ2n) is 11.5. The molecule has 2 aromatic heterocycles. The molecule has 0 spiro atoms. The van der Waals surface area contributed by atoms with Crippen LogP contribution < -0.4 is 14.7 Å². The summed E-state index contributed by atoms with van der Waals surface area (Å²) in [5.41, 5.74) is 4.36. The standard InChI is InChI=1S/C32H40N7O5P/c1-7-26(40)18-23-9-8-10-24(17-23)30-27-20-33-37-31(27)36-32(35-30)34-25-11-12-29(28(19-25)39-15-13-38(6)14-16-39)44-45(41,42-21(2)3)43-22(4)5/h7-12,17,19-22H,1,13-16,18H2,2-6H3,(H2,33,34,35,36,37). The third kappa shape index (κ3) is 8.15. The topological polar surface area (TPSA) is 135 Å². The van der Waals surface area contributed by atoms with E-state index in [0.717, 1.165) is 48.4 Å². The number of aromatic amines is 1. The molecule has 1 saturated heterocycles.